The number of benzene rings is 2. The predicted octanol–water partition coefficient (Wildman–Crippen LogP) is 2.87. The van der Waals surface area contributed by atoms with E-state index < -0.39 is 0 Å². The third-order valence-corrected chi connectivity index (χ3v) is 2.82. The number of hydrogen-bond acceptors (Lipinski definition) is 2. The largest absolute Gasteiger partial charge is 0.493 e. The summed E-state index contributed by atoms with van der Waals surface area (Å²) in [5.41, 5.74) is 5.08. The van der Waals surface area contributed by atoms with E-state index in [2.05, 4.69) is 12.1 Å². The molecule has 94 valence electrons. The van der Waals surface area contributed by atoms with E-state index in [9.17, 15) is 4.79 Å². The van der Waals surface area contributed by atoms with Gasteiger partial charge in [-0.3, -0.25) is 4.79 Å². The second-order valence-electron chi connectivity index (χ2n) is 4.25. The number of primary amides is 1. The number of nitrogens with two attached hydrogens (primary N) is 1. The van der Waals surface area contributed by atoms with E-state index >= 15 is 0 Å². The van der Waals surface area contributed by atoms with Gasteiger partial charge in [-0.1, -0.05) is 36.4 Å². The summed E-state index contributed by atoms with van der Waals surface area (Å²) >= 11 is 0. The summed E-state index contributed by atoms with van der Waals surface area (Å²) in [4.78, 5) is 10.6. The lowest BCUT2D eigenvalue weighted by Crippen LogP contribution is -2.10. The monoisotopic (exact) mass is 243 g/mol. The van der Waals surface area contributed by atoms with E-state index in [0.29, 0.717) is 13.0 Å². The summed E-state index contributed by atoms with van der Waals surface area (Å²) in [7, 11) is 0. The van der Waals surface area contributed by atoms with E-state index in [0.717, 1.165) is 24.0 Å². The van der Waals surface area contributed by atoms with Crippen LogP contribution in [0.25, 0.3) is 10.8 Å². The molecule has 0 aromatic heterocycles. The summed E-state index contributed by atoms with van der Waals surface area (Å²) in [5.74, 6) is 0.646. The van der Waals surface area contributed by atoms with Gasteiger partial charge >= 0.3 is 0 Å². The lowest BCUT2D eigenvalue weighted by molar-refractivity contribution is -0.118. The van der Waals surface area contributed by atoms with Crippen LogP contribution in [0.2, 0.25) is 0 Å². The average molecular weight is 243 g/mol. The standard InChI is InChI=1S/C15H17NO2/c16-15(17)10-3-4-11-18-14-9-5-7-12-6-1-2-8-13(12)14/h1-2,5-9H,3-4,10-11H2,(H2,16,17). The molecule has 3 heteroatoms. The van der Waals surface area contributed by atoms with Crippen LogP contribution in [0.1, 0.15) is 19.3 Å². The summed E-state index contributed by atoms with van der Waals surface area (Å²) in [6.07, 6.45) is 2.05. The Morgan fingerprint density at radius 3 is 2.67 bits per heavy atom. The Kier molecular flexibility index (Phi) is 4.18. The number of ether oxygens (including phenoxy) is 1. The van der Waals surface area contributed by atoms with Crippen molar-refractivity contribution in [2.75, 3.05) is 6.61 Å². The minimum Gasteiger partial charge on any atom is -0.493 e. The molecule has 0 heterocycles. The highest BCUT2D eigenvalue weighted by molar-refractivity contribution is 5.88. The van der Waals surface area contributed by atoms with Crippen LogP contribution in [0, 0.1) is 0 Å². The quantitative estimate of drug-likeness (QED) is 0.793. The third kappa shape index (κ3) is 3.23. The zero-order valence-corrected chi connectivity index (χ0v) is 10.3. The molecule has 0 bridgehead atoms. The van der Waals surface area contributed by atoms with Crippen molar-refractivity contribution in [3.05, 3.63) is 42.5 Å². The van der Waals surface area contributed by atoms with Gasteiger partial charge < -0.3 is 10.5 Å². The minimum absolute atomic E-state index is 0.250. The maximum Gasteiger partial charge on any atom is 0.217 e. The van der Waals surface area contributed by atoms with E-state index in [1.54, 1.807) is 0 Å². The van der Waals surface area contributed by atoms with Crippen molar-refractivity contribution >= 4 is 16.7 Å². The molecule has 0 unspecified atom stereocenters. The van der Waals surface area contributed by atoms with E-state index in [-0.39, 0.29) is 5.91 Å². The predicted molar refractivity (Wildman–Crippen MR) is 72.5 cm³/mol. The molecule has 2 aromatic carbocycles. The molecule has 0 saturated carbocycles. The van der Waals surface area contributed by atoms with Crippen molar-refractivity contribution in [2.24, 2.45) is 5.73 Å². The normalized spacial score (nSPS) is 10.4. The smallest absolute Gasteiger partial charge is 0.217 e. The van der Waals surface area contributed by atoms with Crippen molar-refractivity contribution in [2.45, 2.75) is 19.3 Å². The maximum absolute atomic E-state index is 10.6. The van der Waals surface area contributed by atoms with Gasteiger partial charge in [-0.2, -0.15) is 0 Å². The van der Waals surface area contributed by atoms with E-state index in [4.69, 9.17) is 10.5 Å². The second kappa shape index (κ2) is 6.05. The molecule has 0 atom stereocenters. The number of unbranched alkanes of at least 4 members (excludes halogenated alkanes) is 1. The molecule has 0 aliphatic rings. The van der Waals surface area contributed by atoms with Gasteiger partial charge in [0, 0.05) is 11.8 Å². The van der Waals surface area contributed by atoms with Crippen molar-refractivity contribution in [3.8, 4) is 5.75 Å². The van der Waals surface area contributed by atoms with Crippen molar-refractivity contribution in [3.63, 3.8) is 0 Å². The number of amides is 1. The zero-order valence-electron chi connectivity index (χ0n) is 10.3. The third-order valence-electron chi connectivity index (χ3n) is 2.82. The highest BCUT2D eigenvalue weighted by Gasteiger charge is 2.01. The first-order chi connectivity index (χ1) is 8.77. The Hall–Kier alpha value is -2.03. The summed E-state index contributed by atoms with van der Waals surface area (Å²) in [5, 5.41) is 2.29. The number of carbonyl (C=O) groups excluding carboxylic acids is 1. The van der Waals surface area contributed by atoms with Crippen LogP contribution >= 0.6 is 0 Å². The maximum atomic E-state index is 10.6. The van der Waals surface area contributed by atoms with Gasteiger partial charge in [-0.25, -0.2) is 0 Å². The molecule has 0 saturated heterocycles. The molecule has 2 rings (SSSR count). The van der Waals surface area contributed by atoms with Crippen LogP contribution < -0.4 is 10.5 Å². The Balaban J connectivity index is 1.93. The minimum atomic E-state index is -0.250. The van der Waals surface area contributed by atoms with Crippen LogP contribution in [-0.2, 0) is 4.79 Å². The van der Waals surface area contributed by atoms with Crippen LogP contribution in [0.3, 0.4) is 0 Å². The number of rotatable bonds is 6. The first kappa shape index (κ1) is 12.4. The Morgan fingerprint density at radius 1 is 1.06 bits per heavy atom. The lowest BCUT2D eigenvalue weighted by atomic mass is 10.1. The molecule has 0 aliphatic heterocycles. The molecule has 3 nitrogen and oxygen atoms in total. The van der Waals surface area contributed by atoms with Gasteiger partial charge in [0.1, 0.15) is 5.75 Å². The van der Waals surface area contributed by atoms with Crippen LogP contribution in [0.4, 0.5) is 0 Å². The van der Waals surface area contributed by atoms with Crippen molar-refractivity contribution < 1.29 is 9.53 Å². The molecule has 0 aliphatic carbocycles. The lowest BCUT2D eigenvalue weighted by Gasteiger charge is -2.08. The molecule has 1 amide bonds. The molecule has 2 N–H and O–H groups in total. The topological polar surface area (TPSA) is 52.3 Å². The summed E-state index contributed by atoms with van der Waals surface area (Å²) in [6.45, 7) is 0.612. The van der Waals surface area contributed by atoms with Gasteiger partial charge in [0.25, 0.3) is 0 Å². The van der Waals surface area contributed by atoms with Crippen LogP contribution in [0.15, 0.2) is 42.5 Å². The molecular formula is C15H17NO2. The second-order valence-corrected chi connectivity index (χ2v) is 4.25. The van der Waals surface area contributed by atoms with Gasteiger partial charge in [0.15, 0.2) is 0 Å². The molecule has 2 aromatic rings. The fourth-order valence-corrected chi connectivity index (χ4v) is 1.90. The Morgan fingerprint density at radius 2 is 1.83 bits per heavy atom. The SMILES string of the molecule is NC(=O)CCCCOc1cccc2ccccc12. The van der Waals surface area contributed by atoms with E-state index in [1.165, 1.54) is 5.39 Å². The van der Waals surface area contributed by atoms with Gasteiger partial charge in [-0.05, 0) is 24.3 Å². The highest BCUT2D eigenvalue weighted by Crippen LogP contribution is 2.25. The van der Waals surface area contributed by atoms with E-state index in [1.807, 2.05) is 30.3 Å². The summed E-state index contributed by atoms with van der Waals surface area (Å²) in [6, 6.07) is 14.2. The Bertz CT molecular complexity index is 532. The fraction of sp³-hybridized carbons (Fsp3) is 0.267. The first-order valence-electron chi connectivity index (χ1n) is 6.16. The van der Waals surface area contributed by atoms with Gasteiger partial charge in [0.2, 0.25) is 5.91 Å². The molecular weight excluding hydrogens is 226 g/mol. The number of hydrogen-bond donors (Lipinski definition) is 1. The fourth-order valence-electron chi connectivity index (χ4n) is 1.90. The van der Waals surface area contributed by atoms with Gasteiger partial charge in [-0.15, -0.1) is 0 Å². The summed E-state index contributed by atoms with van der Waals surface area (Å²) < 4.78 is 5.75. The van der Waals surface area contributed by atoms with Crippen LogP contribution in [-0.4, -0.2) is 12.5 Å². The van der Waals surface area contributed by atoms with Crippen molar-refractivity contribution in [1.29, 1.82) is 0 Å². The number of fused-ring (bicyclic) bond motifs is 1. The molecule has 0 fully saturated rings. The Labute approximate surface area is 107 Å². The van der Waals surface area contributed by atoms with Crippen molar-refractivity contribution in [1.82, 2.24) is 0 Å². The number of carbonyl (C=O) groups is 1. The van der Waals surface area contributed by atoms with Gasteiger partial charge in [0.05, 0.1) is 6.61 Å². The molecule has 0 radical (unpaired) electrons. The highest BCUT2D eigenvalue weighted by atomic mass is 16.5. The molecule has 18 heavy (non-hydrogen) atoms. The molecule has 0 spiro atoms. The van der Waals surface area contributed by atoms with Crippen LogP contribution in [0.5, 0.6) is 5.75 Å². The first-order valence-corrected chi connectivity index (χ1v) is 6.16. The average Bonchev–Trinajstić information content (AvgIpc) is 2.38. The zero-order chi connectivity index (χ0) is 12.8.